The van der Waals surface area contributed by atoms with Gasteiger partial charge in [0.1, 0.15) is 5.01 Å². The van der Waals surface area contributed by atoms with Crippen LogP contribution < -0.4 is 5.73 Å². The molecule has 0 bridgehead atoms. The zero-order valence-corrected chi connectivity index (χ0v) is 10.7. The van der Waals surface area contributed by atoms with E-state index in [2.05, 4.69) is 41.6 Å². The van der Waals surface area contributed by atoms with Crippen LogP contribution in [-0.4, -0.2) is 4.98 Å². The van der Waals surface area contributed by atoms with Gasteiger partial charge < -0.3 is 5.73 Å². The predicted molar refractivity (Wildman–Crippen MR) is 71.9 cm³/mol. The fraction of sp³-hybridized carbons (Fsp3) is 0.357. The highest BCUT2D eigenvalue weighted by Gasteiger charge is 2.31. The van der Waals surface area contributed by atoms with Crippen molar-refractivity contribution in [3.63, 3.8) is 0 Å². The molecule has 2 aromatic rings. The molecule has 17 heavy (non-hydrogen) atoms. The van der Waals surface area contributed by atoms with Gasteiger partial charge in [-0.25, -0.2) is 4.98 Å². The Kier molecular flexibility index (Phi) is 2.73. The minimum atomic E-state index is 0.152. The molecule has 1 unspecified atom stereocenters. The van der Waals surface area contributed by atoms with Crippen molar-refractivity contribution in [1.29, 1.82) is 0 Å². The summed E-state index contributed by atoms with van der Waals surface area (Å²) < 4.78 is 0. The first-order valence-electron chi connectivity index (χ1n) is 6.02. The second-order valence-corrected chi connectivity index (χ2v) is 5.69. The Bertz CT molecular complexity index is 511. The summed E-state index contributed by atoms with van der Waals surface area (Å²) in [6.07, 6.45) is 2.53. The van der Waals surface area contributed by atoms with Gasteiger partial charge >= 0.3 is 0 Å². The molecular formula is C14H16N2S. The van der Waals surface area contributed by atoms with E-state index in [1.165, 1.54) is 24.0 Å². The molecule has 1 aromatic carbocycles. The minimum absolute atomic E-state index is 0.152. The Hall–Kier alpha value is -1.19. The molecule has 0 aliphatic heterocycles. The summed E-state index contributed by atoms with van der Waals surface area (Å²) in [6.45, 7) is 2.10. The van der Waals surface area contributed by atoms with Crippen LogP contribution in [0, 0.1) is 12.8 Å². The molecule has 0 amide bonds. The van der Waals surface area contributed by atoms with Gasteiger partial charge in [-0.1, -0.05) is 29.8 Å². The Labute approximate surface area is 106 Å². The third kappa shape index (κ3) is 2.26. The first kappa shape index (κ1) is 10.9. The lowest BCUT2D eigenvalue weighted by Crippen LogP contribution is -2.11. The van der Waals surface area contributed by atoms with Crippen LogP contribution in [0.15, 0.2) is 29.6 Å². The summed E-state index contributed by atoms with van der Waals surface area (Å²) in [5.74, 6) is 0.673. The molecule has 1 saturated carbocycles. The minimum Gasteiger partial charge on any atom is -0.322 e. The SMILES string of the molecule is Cc1ccc(-c2csc(C(N)C3CC3)n2)cc1. The molecule has 1 fully saturated rings. The average molecular weight is 244 g/mol. The second kappa shape index (κ2) is 4.24. The lowest BCUT2D eigenvalue weighted by Gasteiger charge is -2.04. The number of aromatic nitrogens is 1. The molecular weight excluding hydrogens is 228 g/mol. The summed E-state index contributed by atoms with van der Waals surface area (Å²) in [4.78, 5) is 4.66. The van der Waals surface area contributed by atoms with E-state index in [1.807, 2.05) is 0 Å². The summed E-state index contributed by atoms with van der Waals surface area (Å²) in [5.41, 5.74) is 9.68. The number of thiazole rings is 1. The highest BCUT2D eigenvalue weighted by molar-refractivity contribution is 7.10. The normalized spacial score (nSPS) is 17.1. The summed E-state index contributed by atoms with van der Waals surface area (Å²) >= 11 is 1.69. The van der Waals surface area contributed by atoms with Crippen LogP contribution in [0.5, 0.6) is 0 Å². The fourth-order valence-corrected chi connectivity index (χ4v) is 2.88. The number of benzene rings is 1. The molecule has 3 heteroatoms. The van der Waals surface area contributed by atoms with Crippen molar-refractivity contribution in [2.75, 3.05) is 0 Å². The third-order valence-electron chi connectivity index (χ3n) is 3.28. The molecule has 0 radical (unpaired) electrons. The Morgan fingerprint density at radius 2 is 2.00 bits per heavy atom. The van der Waals surface area contributed by atoms with E-state index in [-0.39, 0.29) is 6.04 Å². The lowest BCUT2D eigenvalue weighted by molar-refractivity contribution is 0.629. The number of rotatable bonds is 3. The molecule has 0 saturated heterocycles. The van der Waals surface area contributed by atoms with Crippen LogP contribution >= 0.6 is 11.3 Å². The molecule has 1 atom stereocenters. The molecule has 1 heterocycles. The van der Waals surface area contributed by atoms with Crippen molar-refractivity contribution in [2.45, 2.75) is 25.8 Å². The number of hydrogen-bond donors (Lipinski definition) is 1. The van der Waals surface area contributed by atoms with Gasteiger partial charge in [0.15, 0.2) is 0 Å². The molecule has 1 aromatic heterocycles. The van der Waals surface area contributed by atoms with Crippen molar-refractivity contribution in [2.24, 2.45) is 11.7 Å². The summed E-state index contributed by atoms with van der Waals surface area (Å²) in [5, 5.41) is 3.20. The summed E-state index contributed by atoms with van der Waals surface area (Å²) in [7, 11) is 0. The van der Waals surface area contributed by atoms with Crippen molar-refractivity contribution < 1.29 is 0 Å². The van der Waals surface area contributed by atoms with Crippen LogP contribution in [-0.2, 0) is 0 Å². The van der Waals surface area contributed by atoms with Gasteiger partial charge in [-0.3, -0.25) is 0 Å². The van der Waals surface area contributed by atoms with Crippen LogP contribution in [0.1, 0.15) is 29.5 Å². The third-order valence-corrected chi connectivity index (χ3v) is 4.23. The number of hydrogen-bond acceptors (Lipinski definition) is 3. The fourth-order valence-electron chi connectivity index (χ4n) is 1.95. The van der Waals surface area contributed by atoms with Crippen LogP contribution in [0.3, 0.4) is 0 Å². The van der Waals surface area contributed by atoms with Crippen molar-refractivity contribution in [3.8, 4) is 11.3 Å². The van der Waals surface area contributed by atoms with E-state index < -0.39 is 0 Å². The highest BCUT2D eigenvalue weighted by Crippen LogP contribution is 2.40. The first-order chi connectivity index (χ1) is 8.24. The quantitative estimate of drug-likeness (QED) is 0.897. The van der Waals surface area contributed by atoms with E-state index in [4.69, 9.17) is 5.73 Å². The maximum absolute atomic E-state index is 6.16. The van der Waals surface area contributed by atoms with Crippen LogP contribution in [0.25, 0.3) is 11.3 Å². The molecule has 3 rings (SSSR count). The maximum Gasteiger partial charge on any atom is 0.110 e. The van der Waals surface area contributed by atoms with Gasteiger partial charge in [-0.15, -0.1) is 11.3 Å². The maximum atomic E-state index is 6.16. The Balaban J connectivity index is 1.86. The van der Waals surface area contributed by atoms with E-state index in [0.717, 1.165) is 10.7 Å². The second-order valence-electron chi connectivity index (χ2n) is 4.80. The van der Waals surface area contributed by atoms with E-state index in [9.17, 15) is 0 Å². The van der Waals surface area contributed by atoms with Gasteiger partial charge in [-0.2, -0.15) is 0 Å². The number of nitrogens with two attached hydrogens (primary N) is 1. The molecule has 0 spiro atoms. The average Bonchev–Trinajstić information content (AvgIpc) is 3.07. The number of nitrogens with zero attached hydrogens (tertiary/aromatic N) is 1. The Morgan fingerprint density at radius 1 is 1.29 bits per heavy atom. The van der Waals surface area contributed by atoms with Gasteiger partial charge in [0.05, 0.1) is 11.7 Å². The molecule has 2 N–H and O–H groups in total. The van der Waals surface area contributed by atoms with Gasteiger partial charge in [0.25, 0.3) is 0 Å². The lowest BCUT2D eigenvalue weighted by atomic mass is 10.1. The van der Waals surface area contributed by atoms with E-state index in [0.29, 0.717) is 5.92 Å². The van der Waals surface area contributed by atoms with Crippen molar-refractivity contribution in [3.05, 3.63) is 40.2 Å². The van der Waals surface area contributed by atoms with Crippen molar-refractivity contribution in [1.82, 2.24) is 4.98 Å². The zero-order valence-electron chi connectivity index (χ0n) is 9.89. The standard InChI is InChI=1S/C14H16N2S/c1-9-2-4-10(5-3-9)12-8-17-14(16-12)13(15)11-6-7-11/h2-5,8,11,13H,6-7,15H2,1H3. The van der Waals surface area contributed by atoms with Gasteiger partial charge in [0, 0.05) is 10.9 Å². The number of aryl methyl sites for hydroxylation is 1. The van der Waals surface area contributed by atoms with E-state index >= 15 is 0 Å². The zero-order chi connectivity index (χ0) is 11.8. The van der Waals surface area contributed by atoms with E-state index in [1.54, 1.807) is 11.3 Å². The molecule has 88 valence electrons. The molecule has 1 aliphatic rings. The first-order valence-corrected chi connectivity index (χ1v) is 6.90. The summed E-state index contributed by atoms with van der Waals surface area (Å²) in [6, 6.07) is 8.64. The molecule has 2 nitrogen and oxygen atoms in total. The van der Waals surface area contributed by atoms with Crippen LogP contribution in [0.2, 0.25) is 0 Å². The Morgan fingerprint density at radius 3 is 2.65 bits per heavy atom. The van der Waals surface area contributed by atoms with Gasteiger partial charge in [0.2, 0.25) is 0 Å². The topological polar surface area (TPSA) is 38.9 Å². The highest BCUT2D eigenvalue weighted by atomic mass is 32.1. The van der Waals surface area contributed by atoms with Crippen molar-refractivity contribution >= 4 is 11.3 Å². The smallest absolute Gasteiger partial charge is 0.110 e. The largest absolute Gasteiger partial charge is 0.322 e. The monoisotopic (exact) mass is 244 g/mol. The molecule has 1 aliphatic carbocycles. The predicted octanol–water partition coefficient (Wildman–Crippen LogP) is 3.53. The van der Waals surface area contributed by atoms with Crippen LogP contribution in [0.4, 0.5) is 0 Å². The van der Waals surface area contributed by atoms with Gasteiger partial charge in [-0.05, 0) is 25.7 Å².